The Morgan fingerprint density at radius 3 is 1.65 bits per heavy atom. The fourth-order valence-electron chi connectivity index (χ4n) is 2.96. The van der Waals surface area contributed by atoms with Gasteiger partial charge < -0.3 is 0 Å². The zero-order valence-electron chi connectivity index (χ0n) is 11.0. The largest absolute Gasteiger partial charge is 0.287 e. The third-order valence-electron chi connectivity index (χ3n) is 4.27. The summed E-state index contributed by atoms with van der Waals surface area (Å²) in [4.78, 5) is 0. The predicted molar refractivity (Wildman–Crippen MR) is 70.0 cm³/mol. The van der Waals surface area contributed by atoms with Crippen LogP contribution in [0.25, 0.3) is 0 Å². The molecule has 98 valence electrons. The molecule has 0 bridgehead atoms. The molecule has 3 aliphatic rings. The van der Waals surface area contributed by atoms with Crippen molar-refractivity contribution < 1.29 is 4.57 Å². The minimum Gasteiger partial charge on any atom is -0.270 e. The molecule has 17 heavy (non-hydrogen) atoms. The first-order valence-corrected chi connectivity index (χ1v) is 8.60. The molecular formula is C12H24N3OP. The summed E-state index contributed by atoms with van der Waals surface area (Å²) in [6.45, 7) is 8.50. The monoisotopic (exact) mass is 257 g/mol. The van der Waals surface area contributed by atoms with Gasteiger partial charge in [0, 0.05) is 38.3 Å². The number of nitrogens with zero attached hydrogens (tertiary/aromatic N) is 3. The zero-order chi connectivity index (χ0) is 12.0. The van der Waals surface area contributed by atoms with Crippen LogP contribution in [0.3, 0.4) is 0 Å². The van der Waals surface area contributed by atoms with E-state index in [4.69, 9.17) is 0 Å². The first-order valence-electron chi connectivity index (χ1n) is 7.04. The van der Waals surface area contributed by atoms with E-state index < -0.39 is 7.59 Å². The van der Waals surface area contributed by atoms with E-state index in [0.29, 0.717) is 12.1 Å². The lowest BCUT2D eigenvalue weighted by atomic mass is 10.2. The number of hydrogen-bond acceptors (Lipinski definition) is 1. The van der Waals surface area contributed by atoms with Gasteiger partial charge in [-0.1, -0.05) is 12.8 Å². The van der Waals surface area contributed by atoms with Gasteiger partial charge in [-0.25, -0.2) is 14.0 Å². The maximum Gasteiger partial charge on any atom is 0.287 e. The van der Waals surface area contributed by atoms with Gasteiger partial charge in [-0.2, -0.15) is 0 Å². The Bertz CT molecular complexity index is 321. The second-order valence-electron chi connectivity index (χ2n) is 5.82. The van der Waals surface area contributed by atoms with Crippen LogP contribution in [0.15, 0.2) is 0 Å². The molecule has 0 aliphatic carbocycles. The summed E-state index contributed by atoms with van der Waals surface area (Å²) in [5.74, 6) is 0. The molecule has 3 fully saturated rings. The van der Waals surface area contributed by atoms with Gasteiger partial charge in [0.15, 0.2) is 0 Å². The first kappa shape index (κ1) is 12.2. The lowest BCUT2D eigenvalue weighted by Crippen LogP contribution is -2.29. The van der Waals surface area contributed by atoms with Crippen LogP contribution < -0.4 is 0 Å². The van der Waals surface area contributed by atoms with Crippen molar-refractivity contribution >= 4 is 7.59 Å². The van der Waals surface area contributed by atoms with Gasteiger partial charge in [-0.3, -0.25) is 4.57 Å². The van der Waals surface area contributed by atoms with E-state index in [0.717, 1.165) is 26.2 Å². The van der Waals surface area contributed by atoms with Gasteiger partial charge in [0.1, 0.15) is 0 Å². The molecule has 4 nitrogen and oxygen atoms in total. The Hall–Kier alpha value is 0.110. The van der Waals surface area contributed by atoms with Crippen LogP contribution in [0.2, 0.25) is 0 Å². The van der Waals surface area contributed by atoms with Crippen molar-refractivity contribution in [2.24, 2.45) is 0 Å². The van der Waals surface area contributed by atoms with Crippen molar-refractivity contribution in [3.05, 3.63) is 0 Å². The molecule has 0 radical (unpaired) electrons. The van der Waals surface area contributed by atoms with Crippen molar-refractivity contribution in [2.45, 2.75) is 51.6 Å². The standard InChI is InChI=1S/C12H24N3OP/c1-11-9-14(11)17(16,15-10-12(15)2)13-7-5-3-4-6-8-13/h11-12H,3-10H2,1-2H3/t11-,12-,14?,15?,17?/m0/s1. The maximum absolute atomic E-state index is 13.4. The topological polar surface area (TPSA) is 26.3 Å². The van der Waals surface area contributed by atoms with Gasteiger partial charge in [0.2, 0.25) is 0 Å². The fourth-order valence-corrected chi connectivity index (χ4v) is 6.63. The van der Waals surface area contributed by atoms with Gasteiger partial charge in [-0.15, -0.1) is 0 Å². The Balaban J connectivity index is 1.80. The minimum absolute atomic E-state index is 0.525. The van der Waals surface area contributed by atoms with E-state index in [1.807, 2.05) is 0 Å². The van der Waals surface area contributed by atoms with Crippen molar-refractivity contribution in [1.82, 2.24) is 14.0 Å². The number of hydrogen-bond donors (Lipinski definition) is 0. The molecule has 0 aromatic heterocycles. The number of rotatable bonds is 3. The Morgan fingerprint density at radius 1 is 0.882 bits per heavy atom. The lowest BCUT2D eigenvalue weighted by Gasteiger charge is -2.32. The summed E-state index contributed by atoms with van der Waals surface area (Å²) < 4.78 is 20.2. The Labute approximate surface area is 104 Å². The van der Waals surface area contributed by atoms with Crippen molar-refractivity contribution in [3.63, 3.8) is 0 Å². The highest BCUT2D eigenvalue weighted by atomic mass is 31.2. The molecule has 5 heteroatoms. The SMILES string of the molecule is C[C@H]1CN1P(=O)(N1CCCCCC1)N1C[C@@H]1C. The van der Waals surface area contributed by atoms with Crippen LogP contribution >= 0.6 is 7.59 Å². The average molecular weight is 257 g/mol. The molecule has 4 atom stereocenters. The molecule has 0 saturated carbocycles. The Morgan fingerprint density at radius 2 is 1.29 bits per heavy atom. The van der Waals surface area contributed by atoms with Crippen LogP contribution in [0.4, 0.5) is 0 Å². The van der Waals surface area contributed by atoms with E-state index in [2.05, 4.69) is 27.9 Å². The Kier molecular flexibility index (Phi) is 3.10. The minimum atomic E-state index is -2.36. The quantitative estimate of drug-likeness (QED) is 0.573. The van der Waals surface area contributed by atoms with Gasteiger partial charge in [0.25, 0.3) is 7.59 Å². The second-order valence-corrected chi connectivity index (χ2v) is 8.44. The van der Waals surface area contributed by atoms with Gasteiger partial charge in [0.05, 0.1) is 0 Å². The highest BCUT2D eigenvalue weighted by molar-refractivity contribution is 7.57. The molecule has 3 rings (SSSR count). The smallest absolute Gasteiger partial charge is 0.270 e. The highest BCUT2D eigenvalue weighted by Crippen LogP contribution is 2.66. The molecule has 3 heterocycles. The summed E-state index contributed by atoms with van der Waals surface area (Å²) in [7, 11) is -2.36. The molecular weight excluding hydrogens is 233 g/mol. The highest BCUT2D eigenvalue weighted by Gasteiger charge is 2.57. The van der Waals surface area contributed by atoms with Crippen molar-refractivity contribution in [2.75, 3.05) is 26.2 Å². The summed E-state index contributed by atoms with van der Waals surface area (Å²) in [5, 5.41) is 0. The lowest BCUT2D eigenvalue weighted by molar-refractivity contribution is 0.366. The normalized spacial score (nSPS) is 46.0. The summed E-state index contributed by atoms with van der Waals surface area (Å²) in [6.07, 6.45) is 5.05. The molecule has 0 spiro atoms. The van der Waals surface area contributed by atoms with Crippen LogP contribution in [-0.4, -0.2) is 52.3 Å². The first-order chi connectivity index (χ1) is 8.14. The van der Waals surface area contributed by atoms with Crippen LogP contribution in [0.1, 0.15) is 39.5 Å². The van der Waals surface area contributed by atoms with Crippen LogP contribution in [-0.2, 0) is 4.57 Å². The molecule has 0 N–H and O–H groups in total. The third-order valence-corrected chi connectivity index (χ3v) is 7.86. The molecule has 3 saturated heterocycles. The molecule has 2 unspecified atom stereocenters. The van der Waals surface area contributed by atoms with Gasteiger partial charge >= 0.3 is 0 Å². The predicted octanol–water partition coefficient (Wildman–Crippen LogP) is 2.38. The molecule has 3 aliphatic heterocycles. The van der Waals surface area contributed by atoms with E-state index in [1.54, 1.807) is 0 Å². The average Bonchev–Trinajstić information content (AvgIpc) is 3.14. The van der Waals surface area contributed by atoms with Crippen LogP contribution in [0, 0.1) is 0 Å². The molecule has 0 aromatic carbocycles. The van der Waals surface area contributed by atoms with Crippen molar-refractivity contribution in [3.8, 4) is 0 Å². The van der Waals surface area contributed by atoms with E-state index in [9.17, 15) is 4.57 Å². The second kappa shape index (κ2) is 4.34. The van der Waals surface area contributed by atoms with E-state index in [-0.39, 0.29) is 0 Å². The third kappa shape index (κ3) is 2.10. The van der Waals surface area contributed by atoms with E-state index in [1.165, 1.54) is 25.7 Å². The molecule has 0 aromatic rings. The van der Waals surface area contributed by atoms with Gasteiger partial charge in [-0.05, 0) is 26.7 Å². The fraction of sp³-hybridized carbons (Fsp3) is 1.00. The summed E-state index contributed by atoms with van der Waals surface area (Å²) in [5.41, 5.74) is 0. The van der Waals surface area contributed by atoms with E-state index >= 15 is 0 Å². The maximum atomic E-state index is 13.4. The zero-order valence-corrected chi connectivity index (χ0v) is 11.9. The molecule has 0 amide bonds. The van der Waals surface area contributed by atoms with Crippen molar-refractivity contribution in [1.29, 1.82) is 0 Å². The van der Waals surface area contributed by atoms with Crippen LogP contribution in [0.5, 0.6) is 0 Å². The summed E-state index contributed by atoms with van der Waals surface area (Å²) >= 11 is 0. The summed E-state index contributed by atoms with van der Waals surface area (Å²) in [6, 6.07) is 1.05.